The number of benzene rings is 1. The maximum absolute atomic E-state index is 11.0. The van der Waals surface area contributed by atoms with Gasteiger partial charge in [-0.25, -0.2) is 8.42 Å². The van der Waals surface area contributed by atoms with Gasteiger partial charge in [0.15, 0.2) is 9.84 Å². The summed E-state index contributed by atoms with van der Waals surface area (Å²) in [5, 5.41) is 0. The molecule has 0 aromatic heterocycles. The van der Waals surface area contributed by atoms with Gasteiger partial charge in [-0.1, -0.05) is 45.0 Å². The molecule has 0 amide bonds. The van der Waals surface area contributed by atoms with Gasteiger partial charge in [-0.2, -0.15) is 0 Å². The van der Waals surface area contributed by atoms with E-state index in [2.05, 4.69) is 20.8 Å². The van der Waals surface area contributed by atoms with Crippen LogP contribution in [0, 0.1) is 5.75 Å². The molecule has 0 unspecified atom stereocenters. The van der Waals surface area contributed by atoms with Gasteiger partial charge in [0, 0.05) is 6.26 Å². The molecule has 0 spiro atoms. The lowest BCUT2D eigenvalue weighted by atomic mass is 9.87. The fourth-order valence-corrected chi connectivity index (χ4v) is 1.96. The summed E-state index contributed by atoms with van der Waals surface area (Å²) in [5.41, 5.74) is 2.03. The third-order valence-corrected chi connectivity index (χ3v) is 2.83. The van der Waals surface area contributed by atoms with Gasteiger partial charge in [-0.15, -0.1) is 0 Å². The second kappa shape index (κ2) is 3.97. The summed E-state index contributed by atoms with van der Waals surface area (Å²) in [6, 6.07) is 7.61. The first-order chi connectivity index (χ1) is 6.68. The molecule has 0 atom stereocenters. The normalized spacial score (nSPS) is 12.8. The van der Waals surface area contributed by atoms with Crippen LogP contribution in [0.25, 0.3) is 0 Å². The van der Waals surface area contributed by atoms with E-state index >= 15 is 0 Å². The molecule has 83 valence electrons. The van der Waals surface area contributed by atoms with Gasteiger partial charge in [0.2, 0.25) is 0 Å². The maximum atomic E-state index is 11.0. The fourth-order valence-electron chi connectivity index (χ4n) is 1.31. The SMILES string of the molecule is CC(C)(C)c1ccc([CH]S(C)(=O)=O)cc1. The molecule has 1 aromatic carbocycles. The van der Waals surface area contributed by atoms with E-state index in [0.29, 0.717) is 0 Å². The summed E-state index contributed by atoms with van der Waals surface area (Å²) in [5.74, 6) is 1.28. The van der Waals surface area contributed by atoms with Crippen molar-refractivity contribution in [2.45, 2.75) is 26.2 Å². The average Bonchev–Trinajstić information content (AvgIpc) is 2.00. The van der Waals surface area contributed by atoms with Crippen molar-refractivity contribution in [3.8, 4) is 0 Å². The predicted molar refractivity (Wildman–Crippen MR) is 63.4 cm³/mol. The molecule has 0 bridgehead atoms. The third-order valence-electron chi connectivity index (χ3n) is 2.13. The van der Waals surface area contributed by atoms with Crippen LogP contribution in [0.4, 0.5) is 0 Å². The lowest BCUT2D eigenvalue weighted by Crippen LogP contribution is -2.10. The van der Waals surface area contributed by atoms with Crippen LogP contribution in [-0.4, -0.2) is 14.7 Å². The van der Waals surface area contributed by atoms with Gasteiger partial charge < -0.3 is 0 Å². The molecule has 0 aliphatic rings. The van der Waals surface area contributed by atoms with Gasteiger partial charge in [-0.3, -0.25) is 0 Å². The van der Waals surface area contributed by atoms with Gasteiger partial charge >= 0.3 is 0 Å². The van der Waals surface area contributed by atoms with E-state index in [4.69, 9.17) is 0 Å². The monoisotopic (exact) mass is 225 g/mol. The molecule has 1 radical (unpaired) electrons. The zero-order valence-electron chi connectivity index (χ0n) is 9.61. The van der Waals surface area contributed by atoms with Crippen LogP contribution in [0.15, 0.2) is 24.3 Å². The van der Waals surface area contributed by atoms with Crippen LogP contribution >= 0.6 is 0 Å². The average molecular weight is 225 g/mol. The zero-order valence-corrected chi connectivity index (χ0v) is 10.4. The van der Waals surface area contributed by atoms with Gasteiger partial charge in [0.05, 0.1) is 0 Å². The minimum absolute atomic E-state index is 0.101. The van der Waals surface area contributed by atoms with Crippen molar-refractivity contribution in [1.82, 2.24) is 0 Å². The molecular formula is C12H17O2S. The van der Waals surface area contributed by atoms with E-state index in [-0.39, 0.29) is 5.41 Å². The Balaban J connectivity index is 2.91. The molecule has 0 N–H and O–H groups in total. The molecule has 0 heterocycles. The van der Waals surface area contributed by atoms with E-state index in [1.807, 2.05) is 24.3 Å². The van der Waals surface area contributed by atoms with Gasteiger partial charge in [-0.05, 0) is 16.5 Å². The standard InChI is InChI=1S/C12H17O2S/c1-12(2,3)11-7-5-10(6-8-11)9-15(4,13)14/h5-9H,1-4H3. The number of rotatable bonds is 2. The Morgan fingerprint density at radius 3 is 1.87 bits per heavy atom. The molecule has 1 rings (SSSR count). The number of hydrogen-bond acceptors (Lipinski definition) is 2. The van der Waals surface area contributed by atoms with Crippen LogP contribution in [-0.2, 0) is 15.3 Å². The van der Waals surface area contributed by atoms with E-state index in [1.54, 1.807) is 0 Å². The Labute approximate surface area is 92.2 Å². The van der Waals surface area contributed by atoms with Crippen molar-refractivity contribution in [2.24, 2.45) is 0 Å². The Morgan fingerprint density at radius 1 is 1.07 bits per heavy atom. The molecule has 1 aromatic rings. The van der Waals surface area contributed by atoms with Crippen molar-refractivity contribution in [2.75, 3.05) is 6.26 Å². The summed E-state index contributed by atoms with van der Waals surface area (Å²) < 4.78 is 22.1. The zero-order chi connectivity index (χ0) is 11.7. The molecular weight excluding hydrogens is 208 g/mol. The van der Waals surface area contributed by atoms with Crippen molar-refractivity contribution in [3.63, 3.8) is 0 Å². The molecule has 15 heavy (non-hydrogen) atoms. The van der Waals surface area contributed by atoms with Gasteiger partial charge in [0.1, 0.15) is 5.75 Å². The summed E-state index contributed by atoms with van der Waals surface area (Å²) in [4.78, 5) is 0. The highest BCUT2D eigenvalue weighted by Crippen LogP contribution is 2.22. The third kappa shape index (κ3) is 4.04. The molecule has 0 aliphatic heterocycles. The quantitative estimate of drug-likeness (QED) is 0.775. The van der Waals surface area contributed by atoms with Crippen molar-refractivity contribution >= 4 is 9.84 Å². The molecule has 0 saturated carbocycles. The first kappa shape index (κ1) is 12.2. The smallest absolute Gasteiger partial charge is 0.156 e. The van der Waals surface area contributed by atoms with E-state index in [9.17, 15) is 8.42 Å². The molecule has 0 saturated heterocycles. The lowest BCUT2D eigenvalue weighted by Gasteiger charge is -2.18. The topological polar surface area (TPSA) is 34.1 Å². The Bertz CT molecular complexity index is 422. The Kier molecular flexibility index (Phi) is 3.24. The van der Waals surface area contributed by atoms with Crippen LogP contribution in [0.1, 0.15) is 31.9 Å². The highest BCUT2D eigenvalue weighted by molar-refractivity contribution is 7.92. The minimum Gasteiger partial charge on any atom is -0.228 e. The maximum Gasteiger partial charge on any atom is 0.156 e. The summed E-state index contributed by atoms with van der Waals surface area (Å²) >= 11 is 0. The number of sulfone groups is 1. The number of hydrogen-bond donors (Lipinski definition) is 0. The van der Waals surface area contributed by atoms with E-state index < -0.39 is 9.84 Å². The Morgan fingerprint density at radius 2 is 1.53 bits per heavy atom. The van der Waals surface area contributed by atoms with Crippen LogP contribution < -0.4 is 0 Å². The molecule has 2 nitrogen and oxygen atoms in total. The summed E-state index contributed by atoms with van der Waals surface area (Å²) in [6.07, 6.45) is 1.20. The summed E-state index contributed by atoms with van der Waals surface area (Å²) in [7, 11) is -3.05. The van der Waals surface area contributed by atoms with Crippen LogP contribution in [0.2, 0.25) is 0 Å². The Hall–Kier alpha value is -0.830. The fraction of sp³-hybridized carbons (Fsp3) is 0.417. The minimum atomic E-state index is -3.05. The highest BCUT2D eigenvalue weighted by atomic mass is 32.2. The van der Waals surface area contributed by atoms with E-state index in [1.165, 1.54) is 17.6 Å². The molecule has 0 aliphatic carbocycles. The first-order valence-electron chi connectivity index (χ1n) is 4.84. The molecule has 0 fully saturated rings. The van der Waals surface area contributed by atoms with Crippen molar-refractivity contribution in [3.05, 3.63) is 41.1 Å². The summed E-state index contributed by atoms with van der Waals surface area (Å²) in [6.45, 7) is 6.38. The second-order valence-electron chi connectivity index (χ2n) is 4.82. The predicted octanol–water partition coefficient (Wildman–Crippen LogP) is 2.54. The van der Waals surface area contributed by atoms with Crippen LogP contribution in [0.5, 0.6) is 0 Å². The van der Waals surface area contributed by atoms with E-state index in [0.717, 1.165) is 5.56 Å². The van der Waals surface area contributed by atoms with Crippen molar-refractivity contribution in [1.29, 1.82) is 0 Å². The lowest BCUT2D eigenvalue weighted by molar-refractivity contribution is 0.590. The van der Waals surface area contributed by atoms with Crippen molar-refractivity contribution < 1.29 is 8.42 Å². The van der Waals surface area contributed by atoms with Crippen LogP contribution in [0.3, 0.4) is 0 Å². The van der Waals surface area contributed by atoms with Gasteiger partial charge in [0.25, 0.3) is 0 Å². The molecule has 3 heteroatoms. The first-order valence-corrected chi connectivity index (χ1v) is 6.79. The highest BCUT2D eigenvalue weighted by Gasteiger charge is 2.13. The second-order valence-corrected chi connectivity index (χ2v) is 6.71. The largest absolute Gasteiger partial charge is 0.228 e.